The molecular formula is C14H26N4O. The summed E-state index contributed by atoms with van der Waals surface area (Å²) in [5.41, 5.74) is 5.83. The first-order chi connectivity index (χ1) is 8.99. The van der Waals surface area contributed by atoms with Crippen molar-refractivity contribution in [2.45, 2.75) is 46.6 Å². The number of aromatic nitrogens is 2. The molecule has 0 radical (unpaired) electrons. The van der Waals surface area contributed by atoms with Gasteiger partial charge in [0.25, 0.3) is 5.56 Å². The molecule has 0 aliphatic rings. The van der Waals surface area contributed by atoms with Crippen LogP contribution in [-0.4, -0.2) is 22.6 Å². The number of nitrogens with one attached hydrogen (secondary N) is 1. The maximum Gasteiger partial charge on any atom is 0.293 e. The van der Waals surface area contributed by atoms with E-state index in [4.69, 9.17) is 5.73 Å². The molecule has 0 aliphatic heterocycles. The van der Waals surface area contributed by atoms with Crippen LogP contribution in [0.3, 0.4) is 0 Å². The van der Waals surface area contributed by atoms with Crippen LogP contribution >= 0.6 is 0 Å². The highest BCUT2D eigenvalue weighted by molar-refractivity contribution is 5.31. The number of hydrogen-bond donors (Lipinski definition) is 2. The Bertz CT molecular complexity index is 441. The van der Waals surface area contributed by atoms with E-state index >= 15 is 0 Å². The van der Waals surface area contributed by atoms with E-state index in [-0.39, 0.29) is 17.0 Å². The first kappa shape index (κ1) is 15.7. The van der Waals surface area contributed by atoms with Crippen molar-refractivity contribution in [1.82, 2.24) is 9.55 Å². The molecule has 5 nitrogen and oxygen atoms in total. The molecule has 5 heteroatoms. The topological polar surface area (TPSA) is 72.9 Å². The van der Waals surface area contributed by atoms with E-state index in [0.717, 1.165) is 12.8 Å². The van der Waals surface area contributed by atoms with Crippen LogP contribution in [0.2, 0.25) is 0 Å². The molecule has 0 spiro atoms. The van der Waals surface area contributed by atoms with Gasteiger partial charge in [0.1, 0.15) is 0 Å². The largest absolute Gasteiger partial charge is 0.365 e. The number of nitrogens with zero attached hydrogens (tertiary/aromatic N) is 2. The number of nitrogens with two attached hydrogens (primary N) is 1. The second-order valence-electron chi connectivity index (χ2n) is 5.35. The smallest absolute Gasteiger partial charge is 0.293 e. The van der Waals surface area contributed by atoms with Crippen LogP contribution in [0.25, 0.3) is 0 Å². The molecule has 0 saturated heterocycles. The minimum atomic E-state index is -0.0735. The van der Waals surface area contributed by atoms with Crippen molar-refractivity contribution in [2.24, 2.45) is 11.1 Å². The van der Waals surface area contributed by atoms with Crippen molar-refractivity contribution in [1.29, 1.82) is 0 Å². The predicted molar refractivity (Wildman–Crippen MR) is 79.4 cm³/mol. The monoisotopic (exact) mass is 266 g/mol. The average Bonchev–Trinajstić information content (AvgIpc) is 2.42. The lowest BCUT2D eigenvalue weighted by atomic mass is 9.82. The molecule has 0 aromatic carbocycles. The molecule has 0 saturated carbocycles. The van der Waals surface area contributed by atoms with Crippen molar-refractivity contribution in [3.8, 4) is 0 Å². The molecule has 0 bridgehead atoms. The van der Waals surface area contributed by atoms with Gasteiger partial charge in [0.2, 0.25) is 0 Å². The highest BCUT2D eigenvalue weighted by Gasteiger charge is 2.24. The predicted octanol–water partition coefficient (Wildman–Crippen LogP) is 2.00. The van der Waals surface area contributed by atoms with Crippen molar-refractivity contribution in [3.63, 3.8) is 0 Å². The molecule has 0 atom stereocenters. The Morgan fingerprint density at radius 2 is 2.05 bits per heavy atom. The van der Waals surface area contributed by atoms with Crippen molar-refractivity contribution in [2.75, 3.05) is 18.4 Å². The summed E-state index contributed by atoms with van der Waals surface area (Å²) in [5, 5.41) is 3.18. The van der Waals surface area contributed by atoms with Gasteiger partial charge in [-0.15, -0.1) is 0 Å². The second kappa shape index (κ2) is 6.70. The fraction of sp³-hybridized carbons (Fsp3) is 0.714. The van der Waals surface area contributed by atoms with Gasteiger partial charge in [-0.05, 0) is 38.6 Å². The molecule has 0 unspecified atom stereocenters. The van der Waals surface area contributed by atoms with Crippen molar-refractivity contribution < 1.29 is 0 Å². The summed E-state index contributed by atoms with van der Waals surface area (Å²) >= 11 is 0. The van der Waals surface area contributed by atoms with Gasteiger partial charge >= 0.3 is 0 Å². The minimum absolute atomic E-state index is 0.0343. The van der Waals surface area contributed by atoms with Crippen molar-refractivity contribution >= 4 is 5.82 Å². The molecule has 1 heterocycles. The molecule has 108 valence electrons. The normalized spacial score (nSPS) is 11.9. The summed E-state index contributed by atoms with van der Waals surface area (Å²) in [6.45, 7) is 9.51. The Labute approximate surface area is 115 Å². The molecular weight excluding hydrogens is 240 g/mol. The van der Waals surface area contributed by atoms with E-state index in [2.05, 4.69) is 24.1 Å². The molecule has 1 rings (SSSR count). The summed E-state index contributed by atoms with van der Waals surface area (Å²) < 4.78 is 1.68. The molecule has 0 fully saturated rings. The van der Waals surface area contributed by atoms with E-state index in [9.17, 15) is 4.79 Å². The summed E-state index contributed by atoms with van der Waals surface area (Å²) in [6.07, 6.45) is 5.34. The zero-order valence-electron chi connectivity index (χ0n) is 12.4. The van der Waals surface area contributed by atoms with Gasteiger partial charge in [-0.3, -0.25) is 4.79 Å². The molecule has 3 N–H and O–H groups in total. The minimum Gasteiger partial charge on any atom is -0.365 e. The highest BCUT2D eigenvalue weighted by Crippen LogP contribution is 2.24. The zero-order valence-corrected chi connectivity index (χ0v) is 12.4. The van der Waals surface area contributed by atoms with Crippen LogP contribution in [0.1, 0.15) is 46.6 Å². The Morgan fingerprint density at radius 3 is 2.53 bits per heavy atom. The number of rotatable bonds is 7. The third kappa shape index (κ3) is 3.56. The average molecular weight is 266 g/mol. The Balaban J connectivity index is 2.89. The molecule has 0 aliphatic carbocycles. The maximum atomic E-state index is 12.2. The van der Waals surface area contributed by atoms with Gasteiger partial charge < -0.3 is 15.6 Å². The van der Waals surface area contributed by atoms with Gasteiger partial charge in [0.05, 0.1) is 0 Å². The van der Waals surface area contributed by atoms with Crippen LogP contribution in [-0.2, 0) is 0 Å². The lowest BCUT2D eigenvalue weighted by Crippen LogP contribution is -2.38. The van der Waals surface area contributed by atoms with E-state index < -0.39 is 0 Å². The van der Waals surface area contributed by atoms with Crippen LogP contribution < -0.4 is 16.6 Å². The first-order valence-electron chi connectivity index (χ1n) is 7.00. The molecule has 1 aromatic rings. The van der Waals surface area contributed by atoms with Gasteiger partial charge in [-0.25, -0.2) is 4.98 Å². The summed E-state index contributed by atoms with van der Waals surface area (Å²) in [4.78, 5) is 16.3. The molecule has 19 heavy (non-hydrogen) atoms. The standard InChI is InChI=1S/C14H26N4O/c1-5-14(6-2,9-15)10-17-12-13(19)18(11(3)4)8-7-16-12/h7-8,11H,5-6,9-10,15H2,1-4H3,(H,16,17). The summed E-state index contributed by atoms with van der Waals surface area (Å²) in [6, 6.07) is 0.132. The fourth-order valence-corrected chi connectivity index (χ4v) is 2.08. The summed E-state index contributed by atoms with van der Waals surface area (Å²) in [7, 11) is 0. The van der Waals surface area contributed by atoms with Gasteiger partial charge in [-0.2, -0.15) is 0 Å². The maximum absolute atomic E-state index is 12.2. The fourth-order valence-electron chi connectivity index (χ4n) is 2.08. The number of anilines is 1. The lowest BCUT2D eigenvalue weighted by molar-refractivity contribution is 0.294. The quantitative estimate of drug-likeness (QED) is 0.791. The first-order valence-corrected chi connectivity index (χ1v) is 7.00. The Morgan fingerprint density at radius 1 is 1.42 bits per heavy atom. The summed E-state index contributed by atoms with van der Waals surface area (Å²) in [5.74, 6) is 0.413. The van der Waals surface area contributed by atoms with Crippen LogP contribution in [0.15, 0.2) is 17.2 Å². The number of hydrogen-bond acceptors (Lipinski definition) is 4. The van der Waals surface area contributed by atoms with Crippen LogP contribution in [0, 0.1) is 5.41 Å². The lowest BCUT2D eigenvalue weighted by Gasteiger charge is -2.30. The Kier molecular flexibility index (Phi) is 5.54. The SMILES string of the molecule is CCC(CC)(CN)CNc1nccn(C(C)C)c1=O. The van der Waals surface area contributed by atoms with E-state index in [1.54, 1.807) is 17.0 Å². The van der Waals surface area contributed by atoms with E-state index in [1.165, 1.54) is 0 Å². The third-order valence-corrected chi connectivity index (χ3v) is 3.99. The van der Waals surface area contributed by atoms with Gasteiger partial charge in [-0.1, -0.05) is 13.8 Å². The molecule has 1 aromatic heterocycles. The van der Waals surface area contributed by atoms with E-state index in [1.807, 2.05) is 13.8 Å². The van der Waals surface area contributed by atoms with Gasteiger partial charge in [0, 0.05) is 25.0 Å². The zero-order chi connectivity index (χ0) is 14.5. The molecule has 0 amide bonds. The van der Waals surface area contributed by atoms with Gasteiger partial charge in [0.15, 0.2) is 5.82 Å². The van der Waals surface area contributed by atoms with Crippen LogP contribution in [0.4, 0.5) is 5.82 Å². The third-order valence-electron chi connectivity index (χ3n) is 3.99. The Hall–Kier alpha value is -1.36. The second-order valence-corrected chi connectivity index (χ2v) is 5.35. The van der Waals surface area contributed by atoms with Crippen LogP contribution in [0.5, 0.6) is 0 Å². The van der Waals surface area contributed by atoms with E-state index in [0.29, 0.717) is 18.9 Å². The van der Waals surface area contributed by atoms with Crippen molar-refractivity contribution in [3.05, 3.63) is 22.7 Å². The highest BCUT2D eigenvalue weighted by atomic mass is 16.1.